The Bertz CT molecular complexity index is 1520. The summed E-state index contributed by atoms with van der Waals surface area (Å²) in [6.07, 6.45) is 3.08. The molecule has 2 amide bonds. The number of carbonyl (C=O) groups is 2. The zero-order chi connectivity index (χ0) is 28.1. The van der Waals surface area contributed by atoms with Crippen LogP contribution in [0.1, 0.15) is 21.7 Å². The number of methoxy groups -OCH3 is 1. The van der Waals surface area contributed by atoms with E-state index < -0.39 is 0 Å². The van der Waals surface area contributed by atoms with Crippen molar-refractivity contribution in [3.8, 4) is 17.1 Å². The second-order valence-electron chi connectivity index (χ2n) is 9.54. The molecule has 40 heavy (non-hydrogen) atoms. The van der Waals surface area contributed by atoms with Gasteiger partial charge in [-0.15, -0.1) is 0 Å². The van der Waals surface area contributed by atoms with E-state index in [9.17, 15) is 9.59 Å². The van der Waals surface area contributed by atoms with Gasteiger partial charge in [-0.1, -0.05) is 23.7 Å². The van der Waals surface area contributed by atoms with Crippen molar-refractivity contribution in [2.45, 2.75) is 6.92 Å². The molecule has 0 aliphatic carbocycles. The van der Waals surface area contributed by atoms with Crippen molar-refractivity contribution >= 4 is 40.9 Å². The summed E-state index contributed by atoms with van der Waals surface area (Å²) in [5, 5.41) is 3.56. The van der Waals surface area contributed by atoms with E-state index in [-0.39, 0.29) is 11.8 Å². The van der Waals surface area contributed by atoms with Gasteiger partial charge in [0.05, 0.1) is 7.11 Å². The molecule has 1 saturated heterocycles. The number of anilines is 2. The topological polar surface area (TPSA) is 75.0 Å². The molecule has 1 aliphatic rings. The van der Waals surface area contributed by atoms with E-state index >= 15 is 0 Å². The van der Waals surface area contributed by atoms with Gasteiger partial charge in [0, 0.05) is 59.8 Å². The van der Waals surface area contributed by atoms with Crippen molar-refractivity contribution in [1.29, 1.82) is 0 Å². The normalized spacial score (nSPS) is 13.5. The summed E-state index contributed by atoms with van der Waals surface area (Å²) in [4.78, 5) is 29.4. The van der Waals surface area contributed by atoms with Gasteiger partial charge in [-0.3, -0.25) is 9.59 Å². The molecule has 3 aromatic carbocycles. The van der Waals surface area contributed by atoms with E-state index in [1.807, 2.05) is 66.4 Å². The summed E-state index contributed by atoms with van der Waals surface area (Å²) in [5.41, 5.74) is 4.28. The Balaban J connectivity index is 1.12. The van der Waals surface area contributed by atoms with Crippen LogP contribution in [0.2, 0.25) is 5.02 Å². The van der Waals surface area contributed by atoms with Crippen molar-refractivity contribution in [1.82, 2.24) is 4.90 Å². The fourth-order valence-corrected chi connectivity index (χ4v) is 4.71. The number of benzene rings is 3. The number of nitrogens with one attached hydrogen (secondary N) is 1. The number of halogens is 1. The van der Waals surface area contributed by atoms with Crippen LogP contribution in [0.4, 0.5) is 11.4 Å². The van der Waals surface area contributed by atoms with Crippen LogP contribution in [0.3, 0.4) is 0 Å². The largest absolute Gasteiger partial charge is 0.497 e. The van der Waals surface area contributed by atoms with Crippen LogP contribution >= 0.6 is 11.6 Å². The number of aryl methyl sites for hydroxylation is 1. The first-order chi connectivity index (χ1) is 19.4. The minimum atomic E-state index is -0.255. The zero-order valence-corrected chi connectivity index (χ0v) is 23.1. The Morgan fingerprint density at radius 3 is 2.33 bits per heavy atom. The average molecular weight is 556 g/mol. The molecule has 1 N–H and O–H groups in total. The molecular weight excluding hydrogens is 526 g/mol. The molecule has 1 aromatic heterocycles. The quantitative estimate of drug-likeness (QED) is 0.262. The van der Waals surface area contributed by atoms with Crippen molar-refractivity contribution < 1.29 is 18.7 Å². The van der Waals surface area contributed by atoms with E-state index in [1.165, 1.54) is 6.08 Å². The van der Waals surface area contributed by atoms with Crippen LogP contribution in [0.25, 0.3) is 17.4 Å². The van der Waals surface area contributed by atoms with Gasteiger partial charge in [0.25, 0.3) is 5.91 Å². The summed E-state index contributed by atoms with van der Waals surface area (Å²) in [6.45, 7) is 4.69. The van der Waals surface area contributed by atoms with E-state index in [0.717, 1.165) is 35.7 Å². The molecule has 7 nitrogen and oxygen atoms in total. The van der Waals surface area contributed by atoms with Gasteiger partial charge < -0.3 is 24.3 Å². The number of hydrogen-bond acceptors (Lipinski definition) is 5. The van der Waals surface area contributed by atoms with Gasteiger partial charge in [0.1, 0.15) is 17.3 Å². The smallest absolute Gasteiger partial charge is 0.253 e. The zero-order valence-electron chi connectivity index (χ0n) is 22.4. The summed E-state index contributed by atoms with van der Waals surface area (Å²) < 4.78 is 11.0. The first-order valence-electron chi connectivity index (χ1n) is 13.0. The summed E-state index contributed by atoms with van der Waals surface area (Å²) in [5.74, 6) is 1.76. The Hall–Kier alpha value is -4.49. The first-order valence-corrected chi connectivity index (χ1v) is 13.4. The van der Waals surface area contributed by atoms with E-state index in [2.05, 4.69) is 10.2 Å². The Morgan fingerprint density at radius 2 is 1.65 bits per heavy atom. The molecule has 0 unspecified atom stereocenters. The highest BCUT2D eigenvalue weighted by molar-refractivity contribution is 6.31. The van der Waals surface area contributed by atoms with Crippen LogP contribution in [0, 0.1) is 6.92 Å². The third kappa shape index (κ3) is 6.38. The molecule has 4 aromatic rings. The molecule has 2 heterocycles. The van der Waals surface area contributed by atoms with E-state index in [0.29, 0.717) is 40.9 Å². The van der Waals surface area contributed by atoms with Crippen LogP contribution in [0.15, 0.2) is 89.4 Å². The number of hydrogen-bond donors (Lipinski definition) is 1. The van der Waals surface area contributed by atoms with Gasteiger partial charge in [-0.2, -0.15) is 0 Å². The standard InChI is InChI=1S/C32H30ClN3O4/c1-22-3-4-24(21-29(22)33)30-15-13-28(40-30)14-16-31(37)34-25-7-9-26(10-8-25)35-17-19-36(20-18-35)32(38)23-5-11-27(39-2)12-6-23/h3-16,21H,17-20H2,1-2H3,(H,34,37)/b16-14+. The van der Waals surface area contributed by atoms with Crippen LogP contribution in [-0.4, -0.2) is 50.0 Å². The maximum atomic E-state index is 12.8. The Morgan fingerprint density at radius 1 is 0.925 bits per heavy atom. The SMILES string of the molecule is COc1ccc(C(=O)N2CCN(c3ccc(NC(=O)/C=C/c4ccc(-c5ccc(C)c(Cl)c5)o4)cc3)CC2)cc1. The highest BCUT2D eigenvalue weighted by atomic mass is 35.5. The molecule has 0 saturated carbocycles. The van der Waals surface area contributed by atoms with Crippen LogP contribution < -0.4 is 15.0 Å². The van der Waals surface area contributed by atoms with Crippen molar-refractivity contribution in [2.24, 2.45) is 0 Å². The third-order valence-corrected chi connectivity index (χ3v) is 7.29. The van der Waals surface area contributed by atoms with Gasteiger partial charge in [-0.25, -0.2) is 0 Å². The molecule has 1 aliphatic heterocycles. The van der Waals surface area contributed by atoms with Gasteiger partial charge in [-0.05, 0) is 85.3 Å². The number of nitrogens with zero attached hydrogens (tertiary/aromatic N) is 2. The third-order valence-electron chi connectivity index (χ3n) is 6.89. The number of amides is 2. The summed E-state index contributed by atoms with van der Waals surface area (Å²) >= 11 is 6.22. The maximum absolute atomic E-state index is 12.8. The van der Waals surface area contributed by atoms with Crippen molar-refractivity contribution in [2.75, 3.05) is 43.5 Å². The molecule has 0 atom stereocenters. The lowest BCUT2D eigenvalue weighted by Crippen LogP contribution is -2.48. The molecule has 8 heteroatoms. The number of rotatable bonds is 7. The maximum Gasteiger partial charge on any atom is 0.253 e. The first kappa shape index (κ1) is 27.1. The van der Waals surface area contributed by atoms with Gasteiger partial charge in [0.2, 0.25) is 5.91 Å². The van der Waals surface area contributed by atoms with Gasteiger partial charge in [0.15, 0.2) is 0 Å². The number of furan rings is 1. The minimum Gasteiger partial charge on any atom is -0.497 e. The predicted molar refractivity (Wildman–Crippen MR) is 159 cm³/mol. The predicted octanol–water partition coefficient (Wildman–Crippen LogP) is 6.53. The van der Waals surface area contributed by atoms with Crippen LogP contribution in [-0.2, 0) is 4.79 Å². The van der Waals surface area contributed by atoms with E-state index in [1.54, 1.807) is 37.5 Å². The fourth-order valence-electron chi connectivity index (χ4n) is 4.52. The molecule has 0 radical (unpaired) electrons. The average Bonchev–Trinajstić information content (AvgIpc) is 3.47. The molecule has 1 fully saturated rings. The molecular formula is C32H30ClN3O4. The Labute approximate surface area is 238 Å². The highest BCUT2D eigenvalue weighted by Gasteiger charge is 2.22. The lowest BCUT2D eigenvalue weighted by Gasteiger charge is -2.36. The molecule has 204 valence electrons. The van der Waals surface area contributed by atoms with Gasteiger partial charge >= 0.3 is 0 Å². The Kier molecular flexibility index (Phi) is 8.22. The number of carbonyl (C=O) groups excluding carboxylic acids is 2. The molecule has 0 bridgehead atoms. The number of ether oxygens (including phenoxy) is 1. The highest BCUT2D eigenvalue weighted by Crippen LogP contribution is 2.27. The number of piperazine rings is 1. The summed E-state index contributed by atoms with van der Waals surface area (Å²) in [6, 6.07) is 24.3. The van der Waals surface area contributed by atoms with Crippen molar-refractivity contribution in [3.05, 3.63) is 107 Å². The van der Waals surface area contributed by atoms with Crippen molar-refractivity contribution in [3.63, 3.8) is 0 Å². The minimum absolute atomic E-state index is 0.0266. The van der Waals surface area contributed by atoms with Crippen LogP contribution in [0.5, 0.6) is 5.75 Å². The molecule has 5 rings (SSSR count). The summed E-state index contributed by atoms with van der Waals surface area (Å²) in [7, 11) is 1.61. The fraction of sp³-hybridized carbons (Fsp3) is 0.188. The lowest BCUT2D eigenvalue weighted by atomic mass is 10.1. The molecule has 0 spiro atoms. The monoisotopic (exact) mass is 555 g/mol. The van der Waals surface area contributed by atoms with E-state index in [4.69, 9.17) is 20.8 Å². The lowest BCUT2D eigenvalue weighted by molar-refractivity contribution is -0.111. The second kappa shape index (κ2) is 12.1. The second-order valence-corrected chi connectivity index (χ2v) is 9.95.